The van der Waals surface area contributed by atoms with Gasteiger partial charge in [0.15, 0.2) is 0 Å². The predicted molar refractivity (Wildman–Crippen MR) is 91.2 cm³/mol. The minimum atomic E-state index is 0.131. The van der Waals surface area contributed by atoms with Crippen molar-refractivity contribution >= 4 is 5.91 Å². The molecule has 126 valence electrons. The van der Waals surface area contributed by atoms with Crippen LogP contribution in [0.2, 0.25) is 0 Å². The molecule has 4 nitrogen and oxygen atoms in total. The molecular weight excluding hydrogens is 262 g/mol. The third-order valence-electron chi connectivity index (χ3n) is 3.77. The van der Waals surface area contributed by atoms with E-state index in [1.54, 1.807) is 0 Å². The zero-order valence-corrected chi connectivity index (χ0v) is 14.8. The van der Waals surface area contributed by atoms with Crippen LogP contribution in [0.5, 0.6) is 0 Å². The number of nitrogens with zero attached hydrogens (tertiary/aromatic N) is 1. The summed E-state index contributed by atoms with van der Waals surface area (Å²) in [5.74, 6) is 1.49. The molecule has 0 aromatic heterocycles. The van der Waals surface area contributed by atoms with Crippen molar-refractivity contribution in [3.05, 3.63) is 0 Å². The first-order chi connectivity index (χ1) is 9.90. The Kier molecular flexibility index (Phi) is 11.6. The molecule has 21 heavy (non-hydrogen) atoms. The van der Waals surface area contributed by atoms with E-state index in [-0.39, 0.29) is 11.9 Å². The van der Waals surface area contributed by atoms with Crippen LogP contribution >= 0.6 is 0 Å². The van der Waals surface area contributed by atoms with Gasteiger partial charge in [0.2, 0.25) is 5.91 Å². The molecule has 1 atom stereocenters. The highest BCUT2D eigenvalue weighted by Gasteiger charge is 2.20. The van der Waals surface area contributed by atoms with Crippen LogP contribution in [-0.2, 0) is 4.79 Å². The molecular formula is C17H37N3O. The molecule has 0 aliphatic carbocycles. The number of nitrogens with one attached hydrogen (secondary N) is 1. The lowest BCUT2D eigenvalue weighted by Crippen LogP contribution is -2.45. The van der Waals surface area contributed by atoms with Crippen molar-refractivity contribution in [1.29, 1.82) is 0 Å². The molecule has 0 radical (unpaired) electrons. The smallest absolute Gasteiger partial charge is 0.221 e. The molecule has 0 heterocycles. The molecule has 0 saturated carbocycles. The van der Waals surface area contributed by atoms with E-state index in [2.05, 4.69) is 44.8 Å². The van der Waals surface area contributed by atoms with Gasteiger partial charge in [-0.2, -0.15) is 0 Å². The topological polar surface area (TPSA) is 58.4 Å². The van der Waals surface area contributed by atoms with Crippen LogP contribution in [0.3, 0.4) is 0 Å². The van der Waals surface area contributed by atoms with Crippen molar-refractivity contribution in [3.8, 4) is 0 Å². The van der Waals surface area contributed by atoms with Crippen LogP contribution in [0, 0.1) is 11.8 Å². The van der Waals surface area contributed by atoms with Gasteiger partial charge in [-0.15, -0.1) is 0 Å². The van der Waals surface area contributed by atoms with E-state index in [4.69, 9.17) is 5.73 Å². The Labute approximate surface area is 131 Å². The van der Waals surface area contributed by atoms with Gasteiger partial charge < -0.3 is 11.1 Å². The van der Waals surface area contributed by atoms with Crippen molar-refractivity contribution in [2.24, 2.45) is 17.6 Å². The summed E-state index contributed by atoms with van der Waals surface area (Å²) >= 11 is 0. The normalized spacial score (nSPS) is 13.2. The number of amides is 1. The summed E-state index contributed by atoms with van der Waals surface area (Å²) < 4.78 is 0. The third-order valence-corrected chi connectivity index (χ3v) is 3.77. The van der Waals surface area contributed by atoms with Gasteiger partial charge in [0.25, 0.3) is 0 Å². The Balaban J connectivity index is 4.51. The number of carbonyl (C=O) groups excluding carboxylic acids is 1. The maximum atomic E-state index is 12.0. The van der Waals surface area contributed by atoms with Gasteiger partial charge in [-0.05, 0) is 44.2 Å². The van der Waals surface area contributed by atoms with E-state index in [1.165, 1.54) is 0 Å². The van der Waals surface area contributed by atoms with Crippen LogP contribution in [0.4, 0.5) is 0 Å². The Morgan fingerprint density at radius 3 is 2.00 bits per heavy atom. The maximum absolute atomic E-state index is 12.0. The van der Waals surface area contributed by atoms with E-state index in [9.17, 15) is 4.79 Å². The molecule has 1 amide bonds. The molecule has 0 bridgehead atoms. The standard InChI is InChI=1S/C17H37N3O/c1-6-9-19-17(21)12-16(13-18)20(10-7-14(2)3)11-8-15(4)5/h14-16H,6-13,18H2,1-5H3,(H,19,21). The summed E-state index contributed by atoms with van der Waals surface area (Å²) in [6, 6.07) is 0.166. The molecule has 0 aromatic rings. The summed E-state index contributed by atoms with van der Waals surface area (Å²) in [4.78, 5) is 14.4. The molecule has 0 rings (SSSR count). The zero-order valence-electron chi connectivity index (χ0n) is 14.8. The lowest BCUT2D eigenvalue weighted by molar-refractivity contribution is -0.122. The first-order valence-electron chi connectivity index (χ1n) is 8.61. The Morgan fingerprint density at radius 2 is 1.62 bits per heavy atom. The van der Waals surface area contributed by atoms with Gasteiger partial charge in [-0.25, -0.2) is 0 Å². The van der Waals surface area contributed by atoms with Crippen LogP contribution in [0.15, 0.2) is 0 Å². The summed E-state index contributed by atoms with van der Waals surface area (Å²) in [6.45, 7) is 14.4. The Morgan fingerprint density at radius 1 is 1.10 bits per heavy atom. The molecule has 0 spiro atoms. The summed E-state index contributed by atoms with van der Waals surface area (Å²) in [5.41, 5.74) is 5.94. The quantitative estimate of drug-likeness (QED) is 0.582. The van der Waals surface area contributed by atoms with Crippen molar-refractivity contribution in [2.45, 2.75) is 66.3 Å². The van der Waals surface area contributed by atoms with Crippen molar-refractivity contribution in [1.82, 2.24) is 10.2 Å². The fourth-order valence-corrected chi connectivity index (χ4v) is 2.24. The number of hydrogen-bond acceptors (Lipinski definition) is 3. The van der Waals surface area contributed by atoms with Gasteiger partial charge in [-0.1, -0.05) is 34.6 Å². The van der Waals surface area contributed by atoms with Gasteiger partial charge in [-0.3, -0.25) is 9.69 Å². The van der Waals surface area contributed by atoms with Gasteiger partial charge in [0.1, 0.15) is 0 Å². The fourth-order valence-electron chi connectivity index (χ4n) is 2.24. The number of hydrogen-bond donors (Lipinski definition) is 2. The van der Waals surface area contributed by atoms with Crippen LogP contribution < -0.4 is 11.1 Å². The van der Waals surface area contributed by atoms with E-state index < -0.39 is 0 Å². The first kappa shape index (κ1) is 20.4. The molecule has 0 fully saturated rings. The SMILES string of the molecule is CCCNC(=O)CC(CN)N(CCC(C)C)CCC(C)C. The van der Waals surface area contributed by atoms with Crippen LogP contribution in [-0.4, -0.2) is 43.0 Å². The highest BCUT2D eigenvalue weighted by atomic mass is 16.1. The van der Waals surface area contributed by atoms with Gasteiger partial charge >= 0.3 is 0 Å². The minimum Gasteiger partial charge on any atom is -0.356 e. The van der Waals surface area contributed by atoms with Crippen molar-refractivity contribution in [3.63, 3.8) is 0 Å². The number of carbonyl (C=O) groups is 1. The third kappa shape index (κ3) is 10.7. The highest BCUT2D eigenvalue weighted by Crippen LogP contribution is 2.12. The van der Waals surface area contributed by atoms with E-state index >= 15 is 0 Å². The number of nitrogens with two attached hydrogens (primary N) is 1. The zero-order chi connectivity index (χ0) is 16.3. The minimum absolute atomic E-state index is 0.131. The average molecular weight is 300 g/mol. The van der Waals surface area contributed by atoms with E-state index in [1.807, 2.05) is 0 Å². The summed E-state index contributed by atoms with van der Waals surface area (Å²) in [5, 5.41) is 2.96. The molecule has 0 aliphatic rings. The predicted octanol–water partition coefficient (Wildman–Crippen LogP) is 2.62. The maximum Gasteiger partial charge on any atom is 0.221 e. The number of rotatable bonds is 12. The Bertz CT molecular complexity index is 255. The van der Waals surface area contributed by atoms with Crippen LogP contribution in [0.1, 0.15) is 60.3 Å². The molecule has 1 unspecified atom stereocenters. The fraction of sp³-hybridized carbons (Fsp3) is 0.941. The summed E-state index contributed by atoms with van der Waals surface area (Å²) in [7, 11) is 0. The molecule has 4 heteroatoms. The lowest BCUT2D eigenvalue weighted by atomic mass is 10.1. The molecule has 0 aliphatic heterocycles. The second kappa shape index (κ2) is 12.0. The van der Waals surface area contributed by atoms with Crippen LogP contribution in [0.25, 0.3) is 0 Å². The van der Waals surface area contributed by atoms with Crippen molar-refractivity contribution in [2.75, 3.05) is 26.2 Å². The van der Waals surface area contributed by atoms with Crippen molar-refractivity contribution < 1.29 is 4.79 Å². The largest absolute Gasteiger partial charge is 0.356 e. The molecule has 0 saturated heterocycles. The summed E-state index contributed by atoms with van der Waals surface area (Å²) in [6.07, 6.45) is 3.81. The molecule has 3 N–H and O–H groups in total. The second-order valence-electron chi connectivity index (χ2n) is 6.84. The van der Waals surface area contributed by atoms with Gasteiger partial charge in [0.05, 0.1) is 0 Å². The Hall–Kier alpha value is -0.610. The monoisotopic (exact) mass is 299 g/mol. The second-order valence-corrected chi connectivity index (χ2v) is 6.84. The molecule has 0 aromatic carbocycles. The lowest BCUT2D eigenvalue weighted by Gasteiger charge is -2.31. The highest BCUT2D eigenvalue weighted by molar-refractivity contribution is 5.76. The van der Waals surface area contributed by atoms with Gasteiger partial charge in [0, 0.05) is 25.6 Å². The average Bonchev–Trinajstić information content (AvgIpc) is 2.42. The first-order valence-corrected chi connectivity index (χ1v) is 8.61. The van der Waals surface area contributed by atoms with E-state index in [0.717, 1.165) is 38.9 Å². The van der Waals surface area contributed by atoms with E-state index in [0.29, 0.717) is 24.8 Å².